The fourth-order valence-corrected chi connectivity index (χ4v) is 2.66. The lowest BCUT2D eigenvalue weighted by Gasteiger charge is -2.43. The number of aliphatic carboxylic acids is 1. The van der Waals surface area contributed by atoms with Gasteiger partial charge >= 0.3 is 12.0 Å². The highest BCUT2D eigenvalue weighted by Gasteiger charge is 2.41. The number of hydrogen-bond donors (Lipinski definition) is 1. The minimum absolute atomic E-state index is 0.0782. The molecule has 0 aromatic heterocycles. The van der Waals surface area contributed by atoms with Crippen LogP contribution in [0.15, 0.2) is 0 Å². The largest absolute Gasteiger partial charge is 0.481 e. The van der Waals surface area contributed by atoms with Crippen molar-refractivity contribution in [3.05, 3.63) is 0 Å². The topological polar surface area (TPSA) is 60.9 Å². The van der Waals surface area contributed by atoms with Crippen molar-refractivity contribution in [2.45, 2.75) is 27.2 Å². The van der Waals surface area contributed by atoms with Crippen molar-refractivity contribution >= 4 is 12.0 Å². The Hall–Kier alpha value is -1.26. The summed E-state index contributed by atoms with van der Waals surface area (Å²) in [6.07, 6.45) is 1.04. The lowest BCUT2D eigenvalue weighted by Crippen LogP contribution is -2.57. The molecule has 2 amide bonds. The molecule has 0 spiro atoms. The number of carboxylic acids is 1. The number of carbonyl (C=O) groups is 2. The van der Waals surface area contributed by atoms with Gasteiger partial charge in [0.15, 0.2) is 0 Å². The fourth-order valence-electron chi connectivity index (χ4n) is 2.66. The lowest BCUT2D eigenvalue weighted by atomic mass is 9.87. The van der Waals surface area contributed by atoms with Crippen LogP contribution in [0, 0.1) is 17.3 Å². The molecule has 1 atom stereocenters. The molecule has 2 fully saturated rings. The van der Waals surface area contributed by atoms with Gasteiger partial charge in [0, 0.05) is 32.1 Å². The number of rotatable bonds is 2. The van der Waals surface area contributed by atoms with Crippen molar-refractivity contribution in [2.75, 3.05) is 26.2 Å². The first-order valence-electron chi connectivity index (χ1n) is 6.57. The molecule has 0 bridgehead atoms. The van der Waals surface area contributed by atoms with Crippen LogP contribution in [0.3, 0.4) is 0 Å². The number of carboxylic acid groups (broad SMARTS) is 1. The van der Waals surface area contributed by atoms with Gasteiger partial charge in [-0.2, -0.15) is 0 Å². The van der Waals surface area contributed by atoms with Crippen LogP contribution in [0.2, 0.25) is 0 Å². The van der Waals surface area contributed by atoms with E-state index in [0.29, 0.717) is 13.1 Å². The highest BCUT2D eigenvalue weighted by molar-refractivity contribution is 5.76. The molecule has 0 radical (unpaired) electrons. The summed E-state index contributed by atoms with van der Waals surface area (Å²) in [6, 6.07) is 0.0782. The predicted octanol–water partition coefficient (Wildman–Crippen LogP) is 1.49. The zero-order valence-electron chi connectivity index (χ0n) is 11.3. The van der Waals surface area contributed by atoms with Gasteiger partial charge in [-0.1, -0.05) is 20.8 Å². The zero-order chi connectivity index (χ0) is 13.5. The van der Waals surface area contributed by atoms with E-state index in [9.17, 15) is 9.59 Å². The van der Waals surface area contributed by atoms with E-state index in [2.05, 4.69) is 13.8 Å². The van der Waals surface area contributed by atoms with Crippen LogP contribution in [0.5, 0.6) is 0 Å². The Morgan fingerprint density at radius 2 is 1.89 bits per heavy atom. The fraction of sp³-hybridized carbons (Fsp3) is 0.846. The average Bonchev–Trinajstić information content (AvgIpc) is 2.56. The Kier molecular flexibility index (Phi) is 3.25. The second kappa shape index (κ2) is 4.44. The molecular formula is C13H22N2O3. The van der Waals surface area contributed by atoms with E-state index in [4.69, 9.17) is 5.11 Å². The van der Waals surface area contributed by atoms with Crippen LogP contribution in [-0.4, -0.2) is 53.1 Å². The molecule has 2 rings (SSSR count). The van der Waals surface area contributed by atoms with Crippen LogP contribution in [0.4, 0.5) is 4.79 Å². The molecule has 2 heterocycles. The Bertz CT molecular complexity index is 361. The Labute approximate surface area is 108 Å². The molecular weight excluding hydrogens is 232 g/mol. The lowest BCUT2D eigenvalue weighted by molar-refractivity contribution is -0.144. The third-order valence-corrected chi connectivity index (χ3v) is 4.22. The molecule has 5 nitrogen and oxygen atoms in total. The van der Waals surface area contributed by atoms with Crippen LogP contribution in [-0.2, 0) is 4.79 Å². The van der Waals surface area contributed by atoms with Crippen molar-refractivity contribution in [2.24, 2.45) is 17.3 Å². The van der Waals surface area contributed by atoms with Crippen LogP contribution in [0.25, 0.3) is 0 Å². The molecule has 0 aromatic rings. The summed E-state index contributed by atoms with van der Waals surface area (Å²) < 4.78 is 0. The number of hydrogen-bond acceptors (Lipinski definition) is 2. The first kappa shape index (κ1) is 13.2. The molecule has 1 unspecified atom stereocenters. The maximum Gasteiger partial charge on any atom is 0.320 e. The SMILES string of the molecule is CC(C(=O)O)C1CN(C(=O)N2CCC(C)(C)C2)C1. The minimum Gasteiger partial charge on any atom is -0.481 e. The monoisotopic (exact) mass is 254 g/mol. The van der Waals surface area contributed by atoms with Gasteiger partial charge in [-0.25, -0.2) is 4.79 Å². The standard InChI is InChI=1S/C13H22N2O3/c1-9(11(16)17)10-6-15(7-10)12(18)14-5-4-13(2,3)8-14/h9-10H,4-8H2,1-3H3,(H,16,17). The van der Waals surface area contributed by atoms with Crippen molar-refractivity contribution in [3.63, 3.8) is 0 Å². The van der Waals surface area contributed by atoms with E-state index in [0.717, 1.165) is 19.5 Å². The van der Waals surface area contributed by atoms with Crippen LogP contribution < -0.4 is 0 Å². The molecule has 2 aliphatic heterocycles. The highest BCUT2D eigenvalue weighted by Crippen LogP contribution is 2.31. The molecule has 0 aliphatic carbocycles. The van der Waals surface area contributed by atoms with E-state index in [1.807, 2.05) is 4.90 Å². The van der Waals surface area contributed by atoms with E-state index in [-0.39, 0.29) is 23.3 Å². The second-order valence-electron chi connectivity index (χ2n) is 6.41. The first-order valence-corrected chi connectivity index (χ1v) is 6.57. The van der Waals surface area contributed by atoms with Gasteiger partial charge < -0.3 is 14.9 Å². The molecule has 1 N–H and O–H groups in total. The summed E-state index contributed by atoms with van der Waals surface area (Å²) >= 11 is 0. The van der Waals surface area contributed by atoms with Crippen molar-refractivity contribution in [1.29, 1.82) is 0 Å². The number of carbonyl (C=O) groups excluding carboxylic acids is 1. The summed E-state index contributed by atoms with van der Waals surface area (Å²) in [5.74, 6) is -1.01. The van der Waals surface area contributed by atoms with Gasteiger partial charge in [-0.05, 0) is 11.8 Å². The minimum atomic E-state index is -0.769. The number of amides is 2. The third kappa shape index (κ3) is 2.44. The van der Waals surface area contributed by atoms with Gasteiger partial charge in [0.1, 0.15) is 0 Å². The number of urea groups is 1. The molecule has 5 heteroatoms. The molecule has 0 aromatic carbocycles. The van der Waals surface area contributed by atoms with Gasteiger partial charge in [0.05, 0.1) is 5.92 Å². The Morgan fingerprint density at radius 3 is 2.33 bits per heavy atom. The second-order valence-corrected chi connectivity index (χ2v) is 6.41. The van der Waals surface area contributed by atoms with E-state index < -0.39 is 5.97 Å². The van der Waals surface area contributed by atoms with Crippen LogP contribution >= 0.6 is 0 Å². The van der Waals surface area contributed by atoms with Gasteiger partial charge in [0.2, 0.25) is 0 Å². The highest BCUT2D eigenvalue weighted by atomic mass is 16.4. The average molecular weight is 254 g/mol. The quantitative estimate of drug-likeness (QED) is 0.812. The van der Waals surface area contributed by atoms with E-state index in [1.54, 1.807) is 11.8 Å². The third-order valence-electron chi connectivity index (χ3n) is 4.22. The first-order chi connectivity index (χ1) is 8.30. The molecule has 102 valence electrons. The summed E-state index contributed by atoms with van der Waals surface area (Å²) in [5, 5.41) is 8.91. The normalized spacial score (nSPS) is 24.8. The molecule has 18 heavy (non-hydrogen) atoms. The van der Waals surface area contributed by atoms with E-state index >= 15 is 0 Å². The van der Waals surface area contributed by atoms with Gasteiger partial charge in [-0.15, -0.1) is 0 Å². The molecule has 0 saturated carbocycles. The summed E-state index contributed by atoms with van der Waals surface area (Å²) in [7, 11) is 0. The number of nitrogens with zero attached hydrogens (tertiary/aromatic N) is 2. The smallest absolute Gasteiger partial charge is 0.320 e. The zero-order valence-corrected chi connectivity index (χ0v) is 11.3. The maximum absolute atomic E-state index is 12.2. The number of likely N-dealkylation sites (tertiary alicyclic amines) is 2. The predicted molar refractivity (Wildman–Crippen MR) is 67.2 cm³/mol. The summed E-state index contributed by atoms with van der Waals surface area (Å²) in [6.45, 7) is 8.86. The molecule has 2 saturated heterocycles. The van der Waals surface area contributed by atoms with Crippen LogP contribution in [0.1, 0.15) is 27.2 Å². The summed E-state index contributed by atoms with van der Waals surface area (Å²) in [4.78, 5) is 26.7. The van der Waals surface area contributed by atoms with Gasteiger partial charge in [-0.3, -0.25) is 4.79 Å². The molecule has 2 aliphatic rings. The van der Waals surface area contributed by atoms with Gasteiger partial charge in [0.25, 0.3) is 0 Å². The van der Waals surface area contributed by atoms with E-state index in [1.165, 1.54) is 0 Å². The van der Waals surface area contributed by atoms with Crippen molar-refractivity contribution in [1.82, 2.24) is 9.80 Å². The van der Waals surface area contributed by atoms with Crippen molar-refractivity contribution in [3.8, 4) is 0 Å². The Balaban J connectivity index is 1.82. The van der Waals surface area contributed by atoms with Crippen molar-refractivity contribution < 1.29 is 14.7 Å². The maximum atomic E-state index is 12.2. The Morgan fingerprint density at radius 1 is 1.28 bits per heavy atom. The summed E-state index contributed by atoms with van der Waals surface area (Å²) in [5.41, 5.74) is 0.217.